The fraction of sp³-hybridized carbons (Fsp3) is 0.550. The van der Waals surface area contributed by atoms with Crippen molar-refractivity contribution in [3.63, 3.8) is 0 Å². The first-order chi connectivity index (χ1) is 13.0. The van der Waals surface area contributed by atoms with Gasteiger partial charge in [0.25, 0.3) is 5.91 Å². The van der Waals surface area contributed by atoms with Crippen molar-refractivity contribution in [2.24, 2.45) is 0 Å². The Morgan fingerprint density at radius 3 is 2.63 bits per heavy atom. The van der Waals surface area contributed by atoms with Crippen LogP contribution in [0.4, 0.5) is 0 Å². The van der Waals surface area contributed by atoms with Gasteiger partial charge in [-0.25, -0.2) is 4.98 Å². The molecule has 0 aromatic carbocycles. The summed E-state index contributed by atoms with van der Waals surface area (Å²) in [5.41, 5.74) is 3.12. The predicted molar refractivity (Wildman–Crippen MR) is 105 cm³/mol. The Morgan fingerprint density at radius 2 is 1.93 bits per heavy atom. The van der Waals surface area contributed by atoms with Crippen LogP contribution in [0.3, 0.4) is 0 Å². The first-order valence-corrected chi connectivity index (χ1v) is 9.74. The van der Waals surface area contributed by atoms with E-state index < -0.39 is 0 Å². The Balaban J connectivity index is 1.49. The van der Waals surface area contributed by atoms with E-state index in [1.165, 1.54) is 0 Å². The summed E-state index contributed by atoms with van der Waals surface area (Å²) in [6.07, 6.45) is 2.97. The summed E-state index contributed by atoms with van der Waals surface area (Å²) < 4.78 is 1.83. The van der Waals surface area contributed by atoms with Crippen LogP contribution in [0.5, 0.6) is 0 Å². The molecule has 2 amide bonds. The third-order valence-electron chi connectivity index (χ3n) is 5.26. The van der Waals surface area contributed by atoms with Crippen LogP contribution in [0.2, 0.25) is 0 Å². The number of amides is 2. The average Bonchev–Trinajstić information content (AvgIpc) is 3.02. The summed E-state index contributed by atoms with van der Waals surface area (Å²) in [6, 6.07) is 3.90. The van der Waals surface area contributed by atoms with E-state index in [0.29, 0.717) is 30.8 Å². The van der Waals surface area contributed by atoms with E-state index in [4.69, 9.17) is 0 Å². The molecule has 7 heteroatoms. The number of aromatic nitrogens is 2. The molecule has 1 fully saturated rings. The van der Waals surface area contributed by atoms with Crippen LogP contribution < -0.4 is 5.32 Å². The number of hydrogen-bond acceptors (Lipinski definition) is 4. The van der Waals surface area contributed by atoms with E-state index >= 15 is 0 Å². The Hall–Kier alpha value is -2.41. The third kappa shape index (κ3) is 4.30. The summed E-state index contributed by atoms with van der Waals surface area (Å²) >= 11 is 0. The molecule has 1 N–H and O–H groups in total. The molecular weight excluding hydrogens is 342 g/mol. The van der Waals surface area contributed by atoms with Crippen molar-refractivity contribution in [1.82, 2.24) is 24.5 Å². The number of aryl methyl sites for hydroxylation is 2. The molecule has 0 aliphatic carbocycles. The highest BCUT2D eigenvalue weighted by atomic mass is 16.2. The lowest BCUT2D eigenvalue weighted by Crippen LogP contribution is -2.48. The highest BCUT2D eigenvalue weighted by molar-refractivity contribution is 5.94. The van der Waals surface area contributed by atoms with Gasteiger partial charge < -0.3 is 15.1 Å². The van der Waals surface area contributed by atoms with Gasteiger partial charge in [0.1, 0.15) is 11.3 Å². The second-order valence-electron chi connectivity index (χ2n) is 7.11. The molecule has 1 aliphatic heterocycles. The molecule has 1 aliphatic rings. The zero-order valence-corrected chi connectivity index (χ0v) is 16.5. The van der Waals surface area contributed by atoms with Gasteiger partial charge in [-0.2, -0.15) is 0 Å². The summed E-state index contributed by atoms with van der Waals surface area (Å²) in [6.45, 7) is 11.0. The van der Waals surface area contributed by atoms with Gasteiger partial charge in [0.15, 0.2) is 0 Å². The number of fused-ring (bicyclic) bond motifs is 1. The number of rotatable bonds is 6. The molecule has 0 atom stereocenters. The minimum atomic E-state index is -0.144. The summed E-state index contributed by atoms with van der Waals surface area (Å²) in [4.78, 5) is 33.7. The number of nitrogens with one attached hydrogen (secondary N) is 1. The van der Waals surface area contributed by atoms with Crippen LogP contribution in [0, 0.1) is 13.8 Å². The van der Waals surface area contributed by atoms with E-state index in [1.807, 2.05) is 41.5 Å². The smallest absolute Gasteiger partial charge is 0.270 e. The Morgan fingerprint density at radius 1 is 1.19 bits per heavy atom. The highest BCUT2D eigenvalue weighted by Gasteiger charge is 2.20. The van der Waals surface area contributed by atoms with Gasteiger partial charge in [0.05, 0.1) is 5.69 Å². The fourth-order valence-corrected chi connectivity index (χ4v) is 3.59. The van der Waals surface area contributed by atoms with Gasteiger partial charge in [-0.15, -0.1) is 0 Å². The van der Waals surface area contributed by atoms with Gasteiger partial charge in [0.2, 0.25) is 5.91 Å². The normalized spacial score (nSPS) is 15.3. The van der Waals surface area contributed by atoms with Gasteiger partial charge in [-0.3, -0.25) is 14.0 Å². The van der Waals surface area contributed by atoms with E-state index in [0.717, 1.165) is 43.9 Å². The number of imidazole rings is 1. The van der Waals surface area contributed by atoms with E-state index in [2.05, 4.69) is 22.1 Å². The molecule has 7 nitrogen and oxygen atoms in total. The molecule has 0 radical (unpaired) electrons. The molecule has 2 aromatic rings. The highest BCUT2D eigenvalue weighted by Crippen LogP contribution is 2.15. The van der Waals surface area contributed by atoms with E-state index in [9.17, 15) is 9.59 Å². The number of carbonyl (C=O) groups is 2. The van der Waals surface area contributed by atoms with Crippen molar-refractivity contribution in [2.45, 2.75) is 33.6 Å². The quantitative estimate of drug-likeness (QED) is 0.784. The Bertz CT molecular complexity index is 821. The summed E-state index contributed by atoms with van der Waals surface area (Å²) in [5, 5.41) is 2.93. The van der Waals surface area contributed by atoms with Crippen molar-refractivity contribution >= 4 is 17.5 Å². The average molecular weight is 371 g/mol. The Kier molecular flexibility index (Phi) is 6.11. The van der Waals surface area contributed by atoms with Gasteiger partial charge >= 0.3 is 0 Å². The SMILES string of the molecule is CCN1CCN(C(=O)CCCNC(=O)c2c(C)nc3c(C)cccn23)CC1. The lowest BCUT2D eigenvalue weighted by Gasteiger charge is -2.34. The van der Waals surface area contributed by atoms with E-state index in [-0.39, 0.29) is 11.8 Å². The van der Waals surface area contributed by atoms with Crippen molar-refractivity contribution in [1.29, 1.82) is 0 Å². The van der Waals surface area contributed by atoms with Crippen LogP contribution >= 0.6 is 0 Å². The zero-order valence-electron chi connectivity index (χ0n) is 16.5. The second-order valence-corrected chi connectivity index (χ2v) is 7.11. The van der Waals surface area contributed by atoms with Crippen LogP contribution in [-0.2, 0) is 4.79 Å². The molecular formula is C20H29N5O2. The van der Waals surface area contributed by atoms with Crippen molar-refractivity contribution in [3.05, 3.63) is 35.3 Å². The number of pyridine rings is 1. The predicted octanol–water partition coefficient (Wildman–Crippen LogP) is 1.63. The number of likely N-dealkylation sites (N-methyl/N-ethyl adjacent to an activating group) is 1. The monoisotopic (exact) mass is 371 g/mol. The van der Waals surface area contributed by atoms with Crippen LogP contribution in [0.25, 0.3) is 5.65 Å². The molecule has 2 aromatic heterocycles. The maximum Gasteiger partial charge on any atom is 0.270 e. The topological polar surface area (TPSA) is 69.9 Å². The maximum atomic E-state index is 12.6. The number of hydrogen-bond donors (Lipinski definition) is 1. The molecule has 0 bridgehead atoms. The summed E-state index contributed by atoms with van der Waals surface area (Å²) in [5.74, 6) is 0.0382. The fourth-order valence-electron chi connectivity index (χ4n) is 3.59. The maximum absolute atomic E-state index is 12.6. The molecule has 1 saturated heterocycles. The van der Waals surface area contributed by atoms with Crippen molar-refractivity contribution in [2.75, 3.05) is 39.3 Å². The second kappa shape index (κ2) is 8.52. The third-order valence-corrected chi connectivity index (χ3v) is 5.26. The van der Waals surface area contributed by atoms with Crippen LogP contribution in [0.15, 0.2) is 18.3 Å². The number of carbonyl (C=O) groups excluding carboxylic acids is 2. The number of piperazine rings is 1. The van der Waals surface area contributed by atoms with Crippen molar-refractivity contribution in [3.8, 4) is 0 Å². The molecule has 3 heterocycles. The molecule has 27 heavy (non-hydrogen) atoms. The zero-order chi connectivity index (χ0) is 19.4. The largest absolute Gasteiger partial charge is 0.351 e. The molecule has 0 unspecified atom stereocenters. The number of nitrogens with zero attached hydrogens (tertiary/aromatic N) is 4. The van der Waals surface area contributed by atoms with E-state index in [1.54, 1.807) is 0 Å². The van der Waals surface area contributed by atoms with Gasteiger partial charge in [-0.05, 0) is 38.4 Å². The molecule has 0 spiro atoms. The lowest BCUT2D eigenvalue weighted by molar-refractivity contribution is -0.133. The molecule has 146 valence electrons. The standard InChI is InChI=1S/C20H29N5O2/c1-4-23-11-13-24(14-12-23)17(26)8-5-9-21-20(27)18-16(3)22-19-15(2)7-6-10-25(18)19/h6-7,10H,4-5,8-9,11-14H2,1-3H3,(H,21,27). The molecule has 3 rings (SSSR count). The van der Waals surface area contributed by atoms with Crippen molar-refractivity contribution < 1.29 is 9.59 Å². The minimum absolute atomic E-state index is 0.144. The van der Waals surface area contributed by atoms with Gasteiger partial charge in [-0.1, -0.05) is 13.0 Å². The Labute approximate surface area is 160 Å². The van der Waals surface area contributed by atoms with Crippen LogP contribution in [0.1, 0.15) is 41.5 Å². The minimum Gasteiger partial charge on any atom is -0.351 e. The first-order valence-electron chi connectivity index (χ1n) is 9.74. The van der Waals surface area contributed by atoms with Crippen LogP contribution in [-0.4, -0.2) is 70.3 Å². The first kappa shape index (κ1) is 19.4. The lowest BCUT2D eigenvalue weighted by atomic mass is 10.2. The molecule has 0 saturated carbocycles. The summed E-state index contributed by atoms with van der Waals surface area (Å²) in [7, 11) is 0. The van der Waals surface area contributed by atoms with Gasteiger partial charge in [0, 0.05) is 45.3 Å².